The Morgan fingerprint density at radius 3 is 1.97 bits per heavy atom. The van der Waals surface area contributed by atoms with Crippen molar-refractivity contribution in [1.82, 2.24) is 39.1 Å². The highest BCUT2D eigenvalue weighted by Crippen LogP contribution is 2.42. The first-order chi connectivity index (χ1) is 35.2. The van der Waals surface area contributed by atoms with Crippen molar-refractivity contribution in [3.05, 3.63) is 136 Å². The molecular weight excluding hydrogens is 1010 g/mol. The van der Waals surface area contributed by atoms with Crippen LogP contribution in [0.1, 0.15) is 59.2 Å². The van der Waals surface area contributed by atoms with Crippen molar-refractivity contribution < 1.29 is 50.5 Å². The Morgan fingerprint density at radius 2 is 1.42 bits per heavy atom. The summed E-state index contributed by atoms with van der Waals surface area (Å²) in [5.41, 5.74) is 1.85. The largest absolute Gasteiger partial charge is 0.497 e. The quantitative estimate of drug-likeness (QED) is 0.0695. The van der Waals surface area contributed by atoms with E-state index in [1.54, 1.807) is 120 Å². The number of sulfonamides is 2. The Kier molecular flexibility index (Phi) is 15.7. The molecule has 0 saturated carbocycles. The average molecular weight is 1070 g/mol. The summed E-state index contributed by atoms with van der Waals surface area (Å²) in [5.74, 6) is 0.308. The van der Waals surface area contributed by atoms with Gasteiger partial charge in [-0.25, -0.2) is 36.1 Å². The van der Waals surface area contributed by atoms with E-state index in [9.17, 15) is 14.7 Å². The third-order valence-corrected chi connectivity index (χ3v) is 16.2. The summed E-state index contributed by atoms with van der Waals surface area (Å²) in [6.07, 6.45) is -0.408. The van der Waals surface area contributed by atoms with Crippen LogP contribution >= 0.6 is 11.3 Å². The number of amides is 1. The second-order valence-electron chi connectivity index (χ2n) is 18.2. The van der Waals surface area contributed by atoms with Crippen LogP contribution in [0.5, 0.6) is 17.2 Å². The molecule has 2 aromatic heterocycles. The Balaban J connectivity index is 1.34. The molecule has 1 aliphatic heterocycles. The zero-order chi connectivity index (χ0) is 53.0. The van der Waals surface area contributed by atoms with Crippen molar-refractivity contribution in [2.45, 2.75) is 75.2 Å². The number of aryl methyl sites for hydroxylation is 1. The minimum absolute atomic E-state index is 0.0458. The fourth-order valence-corrected chi connectivity index (χ4v) is 12.7. The lowest BCUT2D eigenvalue weighted by molar-refractivity contribution is 0.0291. The number of nitrogens with zero attached hydrogens (tertiary/aromatic N) is 7. The van der Waals surface area contributed by atoms with Crippen molar-refractivity contribution in [2.24, 2.45) is 0 Å². The van der Waals surface area contributed by atoms with Gasteiger partial charge in [-0.15, -0.1) is 21.5 Å². The van der Waals surface area contributed by atoms with Crippen molar-refractivity contribution in [3.8, 4) is 39.8 Å². The molecule has 74 heavy (non-hydrogen) atoms. The number of hydrogen-bond donors (Lipinski definition) is 3. The van der Waals surface area contributed by atoms with E-state index < -0.39 is 53.5 Å². The molecule has 0 bridgehead atoms. The van der Waals surface area contributed by atoms with Gasteiger partial charge >= 0.3 is 12.1 Å². The molecule has 0 spiro atoms. The molecule has 3 heterocycles. The number of aromatic carboxylic acids is 1. The molecule has 1 amide bonds. The van der Waals surface area contributed by atoms with Gasteiger partial charge in [0.1, 0.15) is 32.6 Å². The van der Waals surface area contributed by atoms with Crippen LogP contribution in [-0.2, 0) is 44.4 Å². The molecule has 7 aromatic rings. The number of carbonyl (C=O) groups excluding carboxylic acids is 1. The Bertz CT molecular complexity index is 3330. The molecule has 1 fully saturated rings. The molecule has 8 rings (SSSR count). The van der Waals surface area contributed by atoms with E-state index in [1.807, 2.05) is 12.1 Å². The first kappa shape index (κ1) is 52.9. The first-order valence-electron chi connectivity index (χ1n) is 23.2. The number of methoxy groups -OCH3 is 3. The molecule has 388 valence electrons. The standard InChI is InChI=1S/C51H55N9O11S3/c1-32-45(48(61)62)53-49(72-32)52-37-10-8-9-36(27-37)42-23-24-43(73(64,65)56-38-25-26-58(31-38)50(63)71-51(2,3)4)46(44(42)47-54-57-60(55-47)30-35-15-21-41(70-7)22-16-35)74(66,67)59(28-33-11-17-39(68-5)18-12-33)29-34-13-19-40(69-6)20-14-34/h8-24,27,38,56H,25-26,28-31H2,1-7H3,(H,52,53)(H,61,62). The lowest BCUT2D eigenvalue weighted by Crippen LogP contribution is -2.41. The van der Waals surface area contributed by atoms with Crippen LogP contribution in [0.15, 0.2) is 119 Å². The summed E-state index contributed by atoms with van der Waals surface area (Å²) in [6.45, 7) is 6.60. The van der Waals surface area contributed by atoms with E-state index in [4.69, 9.17) is 24.0 Å². The van der Waals surface area contributed by atoms with Crippen LogP contribution in [-0.4, -0.2) is 114 Å². The molecule has 20 nitrogen and oxygen atoms in total. The SMILES string of the molecule is COc1ccc(CN(Cc2ccc(OC)cc2)S(=O)(=O)c2c(S(=O)(=O)NC3CCN(C(=O)OC(C)(C)C)C3)ccc(-c3cccc(Nc4nc(C(=O)O)c(C)s4)c3)c2-c2nnn(Cc3ccc(OC)cc3)n2)cc1. The Morgan fingerprint density at radius 1 is 0.824 bits per heavy atom. The van der Waals surface area contributed by atoms with E-state index in [2.05, 4.69) is 25.3 Å². The van der Waals surface area contributed by atoms with Crippen molar-refractivity contribution in [1.29, 1.82) is 0 Å². The number of ether oxygens (including phenoxy) is 4. The lowest BCUT2D eigenvalue weighted by atomic mass is 9.98. The summed E-state index contributed by atoms with van der Waals surface area (Å²) < 4.78 is 88.6. The number of anilines is 2. The second kappa shape index (κ2) is 22.0. The Labute approximate surface area is 433 Å². The van der Waals surface area contributed by atoms with Gasteiger partial charge < -0.3 is 34.3 Å². The van der Waals surface area contributed by atoms with Crippen molar-refractivity contribution in [2.75, 3.05) is 39.7 Å². The zero-order valence-electron chi connectivity index (χ0n) is 41.6. The Hall–Kier alpha value is -7.44. The first-order valence-corrected chi connectivity index (χ1v) is 26.9. The number of thiazole rings is 1. The number of tetrazole rings is 1. The highest BCUT2D eigenvalue weighted by Gasteiger charge is 2.40. The number of aromatic nitrogens is 5. The molecule has 1 atom stereocenters. The van der Waals surface area contributed by atoms with E-state index in [-0.39, 0.29) is 61.8 Å². The smallest absolute Gasteiger partial charge is 0.410 e. The minimum atomic E-state index is -5.00. The molecule has 5 aromatic carbocycles. The van der Waals surface area contributed by atoms with E-state index in [0.29, 0.717) is 49.6 Å². The van der Waals surface area contributed by atoms with Gasteiger partial charge in [0, 0.05) is 42.8 Å². The summed E-state index contributed by atoms with van der Waals surface area (Å²) in [4.78, 5) is 31.2. The highest BCUT2D eigenvalue weighted by molar-refractivity contribution is 7.92. The monoisotopic (exact) mass is 1070 g/mol. The lowest BCUT2D eigenvalue weighted by Gasteiger charge is -2.27. The molecular formula is C51H55N9O11S3. The number of hydrogen-bond acceptors (Lipinski definition) is 16. The minimum Gasteiger partial charge on any atom is -0.497 e. The molecule has 0 aliphatic carbocycles. The number of nitrogens with one attached hydrogen (secondary N) is 2. The number of carboxylic acid groups (broad SMARTS) is 1. The second-order valence-corrected chi connectivity index (χ2v) is 23.0. The van der Waals surface area contributed by atoms with Gasteiger partial charge in [-0.05, 0) is 122 Å². The van der Waals surface area contributed by atoms with E-state index >= 15 is 16.8 Å². The number of rotatable bonds is 19. The van der Waals surface area contributed by atoms with Gasteiger partial charge in [-0.1, -0.05) is 54.6 Å². The van der Waals surface area contributed by atoms with Gasteiger partial charge in [-0.3, -0.25) is 0 Å². The number of carbonyl (C=O) groups is 2. The van der Waals surface area contributed by atoms with Crippen molar-refractivity contribution >= 4 is 54.3 Å². The summed E-state index contributed by atoms with van der Waals surface area (Å²) >= 11 is 1.14. The predicted octanol–water partition coefficient (Wildman–Crippen LogP) is 7.97. The normalized spacial score (nSPS) is 14.0. The predicted molar refractivity (Wildman–Crippen MR) is 277 cm³/mol. The molecule has 3 N–H and O–H groups in total. The fraction of sp³-hybridized carbons (Fsp3) is 0.294. The van der Waals surface area contributed by atoms with Crippen LogP contribution in [0.2, 0.25) is 0 Å². The fourth-order valence-electron chi connectivity index (χ4n) is 8.19. The molecule has 1 unspecified atom stereocenters. The van der Waals surface area contributed by atoms with E-state index in [1.165, 1.54) is 40.4 Å². The van der Waals surface area contributed by atoms with Crippen LogP contribution in [0, 0.1) is 6.92 Å². The summed E-state index contributed by atoms with van der Waals surface area (Å²) in [6, 6.07) is 29.5. The summed E-state index contributed by atoms with van der Waals surface area (Å²) in [7, 11) is -5.22. The molecule has 1 saturated heterocycles. The van der Waals surface area contributed by atoms with Gasteiger partial charge in [0.15, 0.2) is 10.8 Å². The van der Waals surface area contributed by atoms with E-state index in [0.717, 1.165) is 16.9 Å². The van der Waals surface area contributed by atoms with Gasteiger partial charge in [0.05, 0.1) is 33.4 Å². The maximum Gasteiger partial charge on any atom is 0.410 e. The summed E-state index contributed by atoms with van der Waals surface area (Å²) in [5, 5.41) is 26.7. The van der Waals surface area contributed by atoms with Gasteiger partial charge in [-0.2, -0.15) is 9.10 Å². The molecule has 0 radical (unpaired) electrons. The van der Waals surface area contributed by atoms with Crippen LogP contribution in [0.3, 0.4) is 0 Å². The number of carboxylic acids is 1. The topological polar surface area (TPSA) is 247 Å². The third-order valence-electron chi connectivity index (χ3n) is 11.8. The van der Waals surface area contributed by atoms with Crippen molar-refractivity contribution in [3.63, 3.8) is 0 Å². The zero-order valence-corrected chi connectivity index (χ0v) is 44.0. The number of benzene rings is 5. The van der Waals surface area contributed by atoms with Gasteiger partial charge in [0.25, 0.3) is 0 Å². The highest BCUT2D eigenvalue weighted by atomic mass is 32.2. The van der Waals surface area contributed by atoms with Crippen LogP contribution in [0.25, 0.3) is 22.5 Å². The third kappa shape index (κ3) is 12.3. The molecule has 23 heteroatoms. The van der Waals surface area contributed by atoms with Gasteiger partial charge in [0.2, 0.25) is 25.9 Å². The number of likely N-dealkylation sites (tertiary alicyclic amines) is 1. The van der Waals surface area contributed by atoms with Crippen LogP contribution in [0.4, 0.5) is 15.6 Å². The maximum absolute atomic E-state index is 16.3. The average Bonchev–Trinajstić information content (AvgIpc) is 4.13. The molecule has 1 aliphatic rings. The van der Waals surface area contributed by atoms with Crippen LogP contribution < -0.4 is 24.2 Å². The maximum atomic E-state index is 16.3.